The van der Waals surface area contributed by atoms with Gasteiger partial charge in [-0.3, -0.25) is 5.01 Å². The van der Waals surface area contributed by atoms with Crippen LogP contribution in [0.4, 0.5) is 5.69 Å². The molecule has 1 aromatic heterocycles. The van der Waals surface area contributed by atoms with Gasteiger partial charge in [-0.15, -0.1) is 11.3 Å². The van der Waals surface area contributed by atoms with E-state index in [1.165, 1.54) is 10.4 Å². The molecule has 2 heterocycles. The van der Waals surface area contributed by atoms with Gasteiger partial charge < -0.3 is 0 Å². The molecule has 0 amide bonds. The van der Waals surface area contributed by atoms with Crippen molar-refractivity contribution in [2.75, 3.05) is 11.6 Å². The Morgan fingerprint density at radius 2 is 1.74 bits per heavy atom. The fourth-order valence-corrected chi connectivity index (χ4v) is 4.16. The fourth-order valence-electron chi connectivity index (χ4n) is 2.91. The summed E-state index contributed by atoms with van der Waals surface area (Å²) < 4.78 is 1.07. The minimum absolute atomic E-state index is 0.293. The number of anilines is 1. The van der Waals surface area contributed by atoms with Crippen molar-refractivity contribution in [2.24, 2.45) is 5.10 Å². The fraction of sp³-hybridized carbons (Fsp3) is 0.105. The molecule has 2 nitrogen and oxygen atoms in total. The number of hydrogen-bond acceptors (Lipinski definition) is 3. The van der Waals surface area contributed by atoms with Crippen molar-refractivity contribution in [3.63, 3.8) is 0 Å². The van der Waals surface area contributed by atoms with Crippen LogP contribution in [0, 0.1) is 0 Å². The molecular formula is C19H15BrN2S. The molecule has 114 valence electrons. The zero-order valence-electron chi connectivity index (χ0n) is 12.4. The Hall–Kier alpha value is -1.91. The lowest BCUT2D eigenvalue weighted by Crippen LogP contribution is -2.18. The average Bonchev–Trinajstić information content (AvgIpc) is 3.25. The van der Waals surface area contributed by atoms with E-state index in [4.69, 9.17) is 5.10 Å². The van der Waals surface area contributed by atoms with E-state index in [0.717, 1.165) is 22.4 Å². The monoisotopic (exact) mass is 382 g/mol. The summed E-state index contributed by atoms with van der Waals surface area (Å²) in [5.74, 6) is 0.293. The summed E-state index contributed by atoms with van der Waals surface area (Å²) in [7, 11) is 0. The van der Waals surface area contributed by atoms with Gasteiger partial charge in [0.25, 0.3) is 0 Å². The molecule has 0 N–H and O–H groups in total. The Labute approximate surface area is 148 Å². The van der Waals surface area contributed by atoms with Crippen LogP contribution in [0.2, 0.25) is 0 Å². The highest BCUT2D eigenvalue weighted by Crippen LogP contribution is 2.35. The Morgan fingerprint density at radius 3 is 2.48 bits per heavy atom. The van der Waals surface area contributed by atoms with E-state index in [0.29, 0.717) is 5.92 Å². The Kier molecular flexibility index (Phi) is 4.02. The van der Waals surface area contributed by atoms with Crippen LogP contribution >= 0.6 is 27.3 Å². The second-order valence-corrected chi connectivity index (χ2v) is 7.26. The Bertz CT molecular complexity index is 828. The summed E-state index contributed by atoms with van der Waals surface area (Å²) in [5, 5.41) is 9.17. The van der Waals surface area contributed by atoms with Gasteiger partial charge in [0.1, 0.15) is 0 Å². The molecular weight excluding hydrogens is 368 g/mol. The van der Waals surface area contributed by atoms with Gasteiger partial charge in [-0.25, -0.2) is 0 Å². The SMILES string of the molecule is Brc1ccccc1N1C[C@H](c2ccccc2)C(c2cccs2)=N1. The standard InChI is InChI=1S/C19H15BrN2S/c20-16-9-4-5-10-17(16)22-13-15(14-7-2-1-3-8-14)19(21-22)18-11-6-12-23-18/h1-12,15H,13H2/t15-/m1/s1. The number of para-hydroxylation sites is 1. The van der Waals surface area contributed by atoms with Crippen LogP contribution in [-0.2, 0) is 0 Å². The number of hydrogen-bond donors (Lipinski definition) is 0. The third kappa shape index (κ3) is 2.84. The summed E-state index contributed by atoms with van der Waals surface area (Å²) in [5.41, 5.74) is 3.58. The number of halogens is 1. The molecule has 1 atom stereocenters. The summed E-state index contributed by atoms with van der Waals surface area (Å²) in [4.78, 5) is 1.24. The topological polar surface area (TPSA) is 15.6 Å². The highest BCUT2D eigenvalue weighted by atomic mass is 79.9. The Morgan fingerprint density at radius 1 is 0.957 bits per heavy atom. The maximum Gasteiger partial charge on any atom is 0.0874 e. The smallest absolute Gasteiger partial charge is 0.0874 e. The maximum atomic E-state index is 4.95. The van der Waals surface area contributed by atoms with Gasteiger partial charge in [0.2, 0.25) is 0 Å². The van der Waals surface area contributed by atoms with Crippen LogP contribution in [0.3, 0.4) is 0 Å². The summed E-state index contributed by atoms with van der Waals surface area (Å²) in [6, 6.07) is 23.1. The predicted molar refractivity (Wildman–Crippen MR) is 102 cm³/mol. The zero-order chi connectivity index (χ0) is 15.6. The van der Waals surface area contributed by atoms with E-state index >= 15 is 0 Å². The lowest BCUT2D eigenvalue weighted by Gasteiger charge is -2.17. The molecule has 1 aliphatic rings. The normalized spacial score (nSPS) is 17.3. The van der Waals surface area contributed by atoms with Gasteiger partial charge in [-0.1, -0.05) is 48.5 Å². The van der Waals surface area contributed by atoms with E-state index < -0.39 is 0 Å². The highest BCUT2D eigenvalue weighted by Gasteiger charge is 2.30. The van der Waals surface area contributed by atoms with E-state index in [9.17, 15) is 0 Å². The first-order valence-electron chi connectivity index (χ1n) is 7.52. The van der Waals surface area contributed by atoms with Gasteiger partial charge in [0.15, 0.2) is 0 Å². The predicted octanol–water partition coefficient (Wildman–Crippen LogP) is 5.52. The third-order valence-corrected chi connectivity index (χ3v) is 5.58. The van der Waals surface area contributed by atoms with E-state index in [-0.39, 0.29) is 0 Å². The van der Waals surface area contributed by atoms with Gasteiger partial charge >= 0.3 is 0 Å². The van der Waals surface area contributed by atoms with E-state index in [1.807, 2.05) is 6.07 Å². The quantitative estimate of drug-likeness (QED) is 0.582. The van der Waals surface area contributed by atoms with Crippen LogP contribution in [0.25, 0.3) is 0 Å². The van der Waals surface area contributed by atoms with Crippen LogP contribution in [-0.4, -0.2) is 12.3 Å². The molecule has 0 saturated carbocycles. The van der Waals surface area contributed by atoms with Crippen LogP contribution in [0.1, 0.15) is 16.4 Å². The molecule has 0 aliphatic carbocycles. The van der Waals surface area contributed by atoms with Crippen LogP contribution < -0.4 is 5.01 Å². The van der Waals surface area contributed by atoms with Gasteiger partial charge in [0.05, 0.1) is 22.8 Å². The molecule has 0 bridgehead atoms. The number of rotatable bonds is 3. The first kappa shape index (κ1) is 14.7. The summed E-state index contributed by atoms with van der Waals surface area (Å²) in [6.07, 6.45) is 0. The summed E-state index contributed by atoms with van der Waals surface area (Å²) >= 11 is 5.39. The lowest BCUT2D eigenvalue weighted by atomic mass is 9.94. The van der Waals surface area contributed by atoms with Gasteiger partial charge in [-0.05, 0) is 45.1 Å². The number of hydrazone groups is 1. The van der Waals surface area contributed by atoms with Crippen molar-refractivity contribution < 1.29 is 0 Å². The van der Waals surface area contributed by atoms with Crippen molar-refractivity contribution in [3.8, 4) is 0 Å². The minimum atomic E-state index is 0.293. The molecule has 0 fully saturated rings. The second-order valence-electron chi connectivity index (χ2n) is 5.46. The first-order chi connectivity index (χ1) is 11.3. The lowest BCUT2D eigenvalue weighted by molar-refractivity contribution is 0.849. The Balaban J connectivity index is 1.77. The van der Waals surface area contributed by atoms with Crippen molar-refractivity contribution in [2.45, 2.75) is 5.92 Å². The van der Waals surface area contributed by atoms with Crippen molar-refractivity contribution in [3.05, 3.63) is 87.0 Å². The van der Waals surface area contributed by atoms with E-state index in [1.54, 1.807) is 11.3 Å². The van der Waals surface area contributed by atoms with Crippen LogP contribution in [0.15, 0.2) is 81.7 Å². The molecule has 0 spiro atoms. The minimum Gasteiger partial charge on any atom is -0.263 e. The van der Waals surface area contributed by atoms with Crippen molar-refractivity contribution >= 4 is 38.7 Å². The van der Waals surface area contributed by atoms with Crippen LogP contribution in [0.5, 0.6) is 0 Å². The van der Waals surface area contributed by atoms with Gasteiger partial charge in [0, 0.05) is 10.4 Å². The highest BCUT2D eigenvalue weighted by molar-refractivity contribution is 9.10. The zero-order valence-corrected chi connectivity index (χ0v) is 14.8. The maximum absolute atomic E-state index is 4.95. The molecule has 0 radical (unpaired) electrons. The first-order valence-corrected chi connectivity index (χ1v) is 9.19. The number of nitrogens with zero attached hydrogens (tertiary/aromatic N) is 2. The molecule has 1 aliphatic heterocycles. The molecule has 4 heteroatoms. The number of benzene rings is 2. The largest absolute Gasteiger partial charge is 0.263 e. The second kappa shape index (κ2) is 6.30. The van der Waals surface area contributed by atoms with Crippen molar-refractivity contribution in [1.82, 2.24) is 0 Å². The number of thiophene rings is 1. The molecule has 0 saturated heterocycles. The molecule has 4 rings (SSSR count). The third-order valence-electron chi connectivity index (χ3n) is 4.02. The van der Waals surface area contributed by atoms with E-state index in [2.05, 4.69) is 87.0 Å². The molecule has 23 heavy (non-hydrogen) atoms. The summed E-state index contributed by atoms with van der Waals surface area (Å²) in [6.45, 7) is 0.861. The molecule has 3 aromatic rings. The van der Waals surface area contributed by atoms with Crippen molar-refractivity contribution in [1.29, 1.82) is 0 Å². The molecule has 0 unspecified atom stereocenters. The van der Waals surface area contributed by atoms with Gasteiger partial charge in [-0.2, -0.15) is 5.10 Å². The molecule has 2 aromatic carbocycles. The average molecular weight is 383 g/mol.